The van der Waals surface area contributed by atoms with E-state index in [2.05, 4.69) is 16.0 Å². The molecule has 1 N–H and O–H groups in total. The molecule has 0 atom stereocenters. The van der Waals surface area contributed by atoms with Crippen LogP contribution in [0.2, 0.25) is 0 Å². The van der Waals surface area contributed by atoms with Crippen LogP contribution in [0.25, 0.3) is 0 Å². The van der Waals surface area contributed by atoms with E-state index >= 15 is 0 Å². The minimum absolute atomic E-state index is 0. The molecule has 1 heterocycles. The van der Waals surface area contributed by atoms with E-state index in [1.165, 1.54) is 0 Å². The Morgan fingerprint density at radius 1 is 1.67 bits per heavy atom. The van der Waals surface area contributed by atoms with Gasteiger partial charge in [0.2, 0.25) is 0 Å². The van der Waals surface area contributed by atoms with Crippen LogP contribution in [0.4, 0.5) is 0 Å². The number of aromatic amines is 1. The quantitative estimate of drug-likeness (QED) is 0.663. The first kappa shape index (κ1) is 9.81. The third kappa shape index (κ3) is 1.72. The van der Waals surface area contributed by atoms with Crippen LogP contribution in [0.5, 0.6) is 0 Å². The average Bonchev–Trinajstić information content (AvgIpc) is 2.27. The van der Waals surface area contributed by atoms with Crippen molar-refractivity contribution in [3.05, 3.63) is 39.6 Å². The predicted octanol–water partition coefficient (Wildman–Crippen LogP) is 0.421. The summed E-state index contributed by atoms with van der Waals surface area (Å²) < 4.78 is 0. The Hall–Kier alpha value is -0.276. The molecule has 12 heavy (non-hydrogen) atoms. The summed E-state index contributed by atoms with van der Waals surface area (Å²) in [6, 6.07) is 0. The summed E-state index contributed by atoms with van der Waals surface area (Å²) in [5, 5.41) is 0. The molecule has 1 aromatic rings. The van der Waals surface area contributed by atoms with E-state index < -0.39 is 0 Å². The first-order valence-corrected chi connectivity index (χ1v) is 3.43. The van der Waals surface area contributed by atoms with E-state index in [0.717, 1.165) is 23.3 Å². The Balaban J connectivity index is 0.000000720. The zero-order chi connectivity index (χ0) is 7.84. The smallest absolute Gasteiger partial charge is 0.321 e. The second kappa shape index (κ2) is 3.63. The van der Waals surface area contributed by atoms with Crippen LogP contribution >= 0.6 is 0 Å². The van der Waals surface area contributed by atoms with Crippen LogP contribution in [-0.4, -0.2) is 9.97 Å². The number of nitrogens with zero attached hydrogens (tertiary/aromatic N) is 1. The maximum Gasteiger partial charge on any atom is 0.321 e. The molecule has 0 saturated heterocycles. The van der Waals surface area contributed by atoms with Gasteiger partial charge in [-0.1, -0.05) is 18.8 Å². The van der Waals surface area contributed by atoms with Crippen molar-refractivity contribution in [3.8, 4) is 0 Å². The van der Waals surface area contributed by atoms with Gasteiger partial charge >= 0.3 is 5.69 Å². The van der Waals surface area contributed by atoms with Crippen molar-refractivity contribution in [1.82, 2.24) is 9.97 Å². The molecule has 0 spiro atoms. The summed E-state index contributed by atoms with van der Waals surface area (Å²) in [6.45, 7) is 1.98. The van der Waals surface area contributed by atoms with E-state index in [-0.39, 0.29) is 38.4 Å². The van der Waals surface area contributed by atoms with E-state index in [1.54, 1.807) is 6.20 Å². The molecule has 0 aromatic carbocycles. The van der Waals surface area contributed by atoms with E-state index in [9.17, 15) is 4.79 Å². The van der Waals surface area contributed by atoms with Crippen LogP contribution in [0, 0.1) is 6.08 Å². The normalized spacial score (nSPS) is 13.2. The maximum atomic E-state index is 10.7. The molecule has 0 saturated carbocycles. The van der Waals surface area contributed by atoms with Gasteiger partial charge in [0.1, 0.15) is 0 Å². The van der Waals surface area contributed by atoms with Crippen LogP contribution in [0.15, 0.2) is 16.6 Å². The van der Waals surface area contributed by atoms with Crippen LogP contribution in [0.3, 0.4) is 0 Å². The first-order valence-electron chi connectivity index (χ1n) is 3.43. The number of nitrogens with one attached hydrogen (secondary N) is 1. The van der Waals surface area contributed by atoms with Gasteiger partial charge in [0.05, 0.1) is 0 Å². The standard InChI is InChI=1S/C8H7N2O.Y/c1-5-2-6-4-9-8(11)10-7(6)3-5;/h4H,3H2,1H3,(H,9,10,11);/q-1;. The number of allylic oxidation sites excluding steroid dienone is 1. The summed E-state index contributed by atoms with van der Waals surface area (Å²) in [5.41, 5.74) is 2.72. The summed E-state index contributed by atoms with van der Waals surface area (Å²) in [5.74, 6) is 0. The van der Waals surface area contributed by atoms with Gasteiger partial charge in [0.25, 0.3) is 0 Å². The molecular formula is C8H7N2OY-. The summed E-state index contributed by atoms with van der Waals surface area (Å²) >= 11 is 0. The number of aromatic nitrogens is 2. The Morgan fingerprint density at radius 3 is 3.17 bits per heavy atom. The number of rotatable bonds is 0. The molecule has 1 aliphatic carbocycles. The molecule has 0 aliphatic heterocycles. The minimum Gasteiger partial charge on any atom is -0.363 e. The van der Waals surface area contributed by atoms with Crippen molar-refractivity contribution >= 4 is 0 Å². The number of hydrogen-bond donors (Lipinski definition) is 1. The van der Waals surface area contributed by atoms with E-state index in [4.69, 9.17) is 0 Å². The molecular weight excluding hydrogens is 229 g/mol. The van der Waals surface area contributed by atoms with Gasteiger partial charge in [0, 0.05) is 32.7 Å². The van der Waals surface area contributed by atoms with Crippen LogP contribution in [-0.2, 0) is 39.1 Å². The van der Waals surface area contributed by atoms with Crippen molar-refractivity contribution in [2.45, 2.75) is 13.3 Å². The maximum absolute atomic E-state index is 10.7. The zero-order valence-electron chi connectivity index (χ0n) is 6.72. The Kier molecular flexibility index (Phi) is 2.96. The zero-order valence-corrected chi connectivity index (χ0v) is 9.56. The summed E-state index contributed by atoms with van der Waals surface area (Å²) in [6.07, 6.45) is 5.47. The SMILES string of the molecule is CC1=[C-]c2cnc(=O)[nH]c2C1.[Y]. The number of fused-ring (bicyclic) bond motifs is 1. The second-order valence-corrected chi connectivity index (χ2v) is 2.66. The largest absolute Gasteiger partial charge is 0.363 e. The molecule has 4 heteroatoms. The molecule has 1 radical (unpaired) electrons. The first-order chi connectivity index (χ1) is 5.25. The van der Waals surface area contributed by atoms with Gasteiger partial charge in [-0.15, -0.1) is 5.57 Å². The van der Waals surface area contributed by atoms with Gasteiger partial charge in [-0.05, 0) is 6.42 Å². The molecule has 1 aromatic heterocycles. The van der Waals surface area contributed by atoms with Crippen molar-refractivity contribution in [2.75, 3.05) is 0 Å². The van der Waals surface area contributed by atoms with Gasteiger partial charge in [-0.3, -0.25) is 4.98 Å². The molecule has 3 nitrogen and oxygen atoms in total. The third-order valence-electron chi connectivity index (χ3n) is 1.68. The summed E-state index contributed by atoms with van der Waals surface area (Å²) in [4.78, 5) is 17.0. The molecule has 0 amide bonds. The number of H-pyrrole nitrogens is 1. The van der Waals surface area contributed by atoms with Crippen molar-refractivity contribution < 1.29 is 32.7 Å². The van der Waals surface area contributed by atoms with Crippen LogP contribution < -0.4 is 5.69 Å². The number of hydrogen-bond acceptors (Lipinski definition) is 2. The average molecular weight is 236 g/mol. The molecule has 0 unspecified atom stereocenters. The molecule has 1 aliphatic rings. The fourth-order valence-corrected chi connectivity index (χ4v) is 1.22. The van der Waals surface area contributed by atoms with Gasteiger partial charge < -0.3 is 4.98 Å². The molecule has 59 valence electrons. The third-order valence-corrected chi connectivity index (χ3v) is 1.68. The fourth-order valence-electron chi connectivity index (χ4n) is 1.22. The van der Waals surface area contributed by atoms with Gasteiger partial charge in [-0.25, -0.2) is 4.79 Å². The molecule has 0 bridgehead atoms. The van der Waals surface area contributed by atoms with Crippen LogP contribution in [0.1, 0.15) is 18.2 Å². The van der Waals surface area contributed by atoms with Crippen molar-refractivity contribution in [2.24, 2.45) is 0 Å². The Bertz CT molecular complexity index is 381. The summed E-state index contributed by atoms with van der Waals surface area (Å²) in [7, 11) is 0. The minimum atomic E-state index is -0.278. The predicted molar refractivity (Wildman–Crippen MR) is 40.1 cm³/mol. The van der Waals surface area contributed by atoms with Crippen molar-refractivity contribution in [1.29, 1.82) is 0 Å². The fraction of sp³-hybridized carbons (Fsp3) is 0.250. The Labute approximate surface area is 95.2 Å². The van der Waals surface area contributed by atoms with Crippen molar-refractivity contribution in [3.63, 3.8) is 0 Å². The van der Waals surface area contributed by atoms with Gasteiger partial charge in [-0.2, -0.15) is 11.6 Å². The van der Waals surface area contributed by atoms with Gasteiger partial charge in [0.15, 0.2) is 0 Å². The van der Waals surface area contributed by atoms with E-state index in [0.29, 0.717) is 0 Å². The Morgan fingerprint density at radius 2 is 2.42 bits per heavy atom. The molecule has 2 rings (SSSR count). The second-order valence-electron chi connectivity index (χ2n) is 2.66. The monoisotopic (exact) mass is 236 g/mol. The van der Waals surface area contributed by atoms with E-state index in [1.807, 2.05) is 6.92 Å². The molecule has 0 fully saturated rings. The topological polar surface area (TPSA) is 45.8 Å².